The molecule has 2 nitrogen and oxygen atoms in total. The van der Waals surface area contributed by atoms with Crippen LogP contribution in [0.3, 0.4) is 0 Å². The second-order valence-electron chi connectivity index (χ2n) is 9.43. The summed E-state index contributed by atoms with van der Waals surface area (Å²) in [6.07, 6.45) is 19.8. The third-order valence-electron chi connectivity index (χ3n) is 7.15. The van der Waals surface area contributed by atoms with Crippen molar-refractivity contribution >= 4 is 46.1 Å². The first-order chi connectivity index (χ1) is 19.1. The summed E-state index contributed by atoms with van der Waals surface area (Å²) in [5.41, 5.74) is 17.3. The maximum Gasteiger partial charge on any atom is 0.227 e. The summed E-state index contributed by atoms with van der Waals surface area (Å²) in [7, 11) is 0. The van der Waals surface area contributed by atoms with Crippen LogP contribution in [0.25, 0.3) is 50.8 Å². The van der Waals surface area contributed by atoms with Gasteiger partial charge in [-0.2, -0.15) is 4.58 Å². The molecule has 5 rings (SSSR count). The van der Waals surface area contributed by atoms with Crippen LogP contribution < -0.4 is 10.3 Å². The molecule has 0 aliphatic carbocycles. The number of nitrogens with zero attached hydrogens (tertiary/aromatic N) is 1. The van der Waals surface area contributed by atoms with E-state index < -0.39 is 0 Å². The monoisotopic (exact) mass is 505 g/mol. The van der Waals surface area contributed by atoms with Gasteiger partial charge in [-0.3, -0.25) is 0 Å². The number of allylic oxidation sites excluding steroid dienone is 7. The van der Waals surface area contributed by atoms with E-state index in [1.807, 2.05) is 32.1 Å². The largest absolute Gasteiger partial charge is 0.404 e. The van der Waals surface area contributed by atoms with Gasteiger partial charge in [0, 0.05) is 18.3 Å². The van der Waals surface area contributed by atoms with Crippen molar-refractivity contribution in [2.24, 2.45) is 5.73 Å². The van der Waals surface area contributed by atoms with Gasteiger partial charge in [0.25, 0.3) is 0 Å². The molecule has 39 heavy (non-hydrogen) atoms. The third-order valence-corrected chi connectivity index (χ3v) is 7.15. The SMILES string of the molecule is C=C/C(=C\N)c1ccc2c(c1)[N+](=C/C=C\C=C/C)c1c-2ccc2cc(-c3ccc(C=C)c(/C=C\C)c3)ccc12. The van der Waals surface area contributed by atoms with Gasteiger partial charge in [-0.15, -0.1) is 0 Å². The molecular formula is C37H33N2+. The fourth-order valence-corrected chi connectivity index (χ4v) is 5.24. The van der Waals surface area contributed by atoms with Gasteiger partial charge >= 0.3 is 0 Å². The zero-order chi connectivity index (χ0) is 27.4. The second-order valence-corrected chi connectivity index (χ2v) is 9.43. The molecule has 0 atom stereocenters. The standard InChI is InChI=1S/C37H33N2/c1-5-9-10-11-21-39-36-24-31(27(8-4)25-38)16-19-34(36)35-20-17-32-23-30(15-18-33(32)37(35)39)29-14-13-26(7-3)28(22-29)12-6-2/h5-25H,3-4,38H2,1-2H3/q+1/b9-5-,11-10-,12-6-,27-25+,39-21?. The van der Waals surface area contributed by atoms with Crippen molar-refractivity contribution in [3.63, 3.8) is 0 Å². The van der Waals surface area contributed by atoms with E-state index in [0.29, 0.717) is 0 Å². The van der Waals surface area contributed by atoms with Crippen molar-refractivity contribution in [1.29, 1.82) is 0 Å². The lowest BCUT2D eigenvalue weighted by Gasteiger charge is -2.09. The lowest BCUT2D eigenvalue weighted by atomic mass is 9.95. The minimum absolute atomic E-state index is 0.910. The molecule has 1 aliphatic heterocycles. The number of nitrogens with two attached hydrogens (primary N) is 1. The molecule has 0 bridgehead atoms. The Hall–Kier alpha value is -4.95. The predicted molar refractivity (Wildman–Crippen MR) is 173 cm³/mol. The van der Waals surface area contributed by atoms with E-state index >= 15 is 0 Å². The number of hydrogen-bond acceptors (Lipinski definition) is 1. The zero-order valence-electron chi connectivity index (χ0n) is 22.6. The molecule has 0 unspecified atom stereocenters. The van der Waals surface area contributed by atoms with Crippen molar-refractivity contribution in [3.05, 3.63) is 139 Å². The van der Waals surface area contributed by atoms with Crippen LogP contribution in [0, 0.1) is 0 Å². The van der Waals surface area contributed by atoms with E-state index in [1.54, 1.807) is 12.3 Å². The van der Waals surface area contributed by atoms with Crippen molar-refractivity contribution in [3.8, 4) is 22.3 Å². The molecule has 2 N–H and O–H groups in total. The summed E-state index contributed by atoms with van der Waals surface area (Å²) in [5.74, 6) is 0. The Labute approximate surface area is 231 Å². The van der Waals surface area contributed by atoms with E-state index in [0.717, 1.165) is 22.4 Å². The van der Waals surface area contributed by atoms with Crippen molar-refractivity contribution in [2.45, 2.75) is 13.8 Å². The van der Waals surface area contributed by atoms with Crippen molar-refractivity contribution in [2.75, 3.05) is 0 Å². The highest BCUT2D eigenvalue weighted by molar-refractivity contribution is 6.10. The van der Waals surface area contributed by atoms with Crippen LogP contribution in [0.2, 0.25) is 0 Å². The summed E-state index contributed by atoms with van der Waals surface area (Å²) >= 11 is 0. The van der Waals surface area contributed by atoms with Gasteiger partial charge in [-0.25, -0.2) is 0 Å². The normalized spacial score (nSPS) is 14.1. The molecule has 0 saturated heterocycles. The summed E-state index contributed by atoms with van der Waals surface area (Å²) in [6, 6.07) is 24.3. The molecule has 0 saturated carbocycles. The number of rotatable bonds is 7. The Morgan fingerprint density at radius 3 is 2.31 bits per heavy atom. The van der Waals surface area contributed by atoms with Crippen molar-refractivity contribution < 1.29 is 0 Å². The first-order valence-electron chi connectivity index (χ1n) is 13.2. The van der Waals surface area contributed by atoms with E-state index in [-0.39, 0.29) is 0 Å². The van der Waals surface area contributed by atoms with Crippen LogP contribution in [-0.2, 0) is 0 Å². The fraction of sp³-hybridized carbons (Fsp3) is 0.0541. The third kappa shape index (κ3) is 4.73. The van der Waals surface area contributed by atoms with E-state index in [2.05, 4.69) is 115 Å². The summed E-state index contributed by atoms with van der Waals surface area (Å²) < 4.78 is 2.29. The first-order valence-corrected chi connectivity index (χ1v) is 13.2. The van der Waals surface area contributed by atoms with E-state index in [1.165, 1.54) is 44.3 Å². The van der Waals surface area contributed by atoms with Crippen LogP contribution in [-0.4, -0.2) is 6.21 Å². The maximum atomic E-state index is 5.89. The smallest absolute Gasteiger partial charge is 0.227 e. The minimum Gasteiger partial charge on any atom is -0.404 e. The molecule has 1 heterocycles. The Morgan fingerprint density at radius 2 is 1.56 bits per heavy atom. The Bertz CT molecular complexity index is 1760. The molecule has 0 aromatic heterocycles. The molecule has 2 heteroatoms. The quantitative estimate of drug-likeness (QED) is 0.173. The molecule has 4 aromatic rings. The van der Waals surface area contributed by atoms with Crippen LogP contribution >= 0.6 is 0 Å². The summed E-state index contributed by atoms with van der Waals surface area (Å²) in [4.78, 5) is 0. The average Bonchev–Trinajstić information content (AvgIpc) is 3.29. The maximum absolute atomic E-state index is 5.89. The van der Waals surface area contributed by atoms with Gasteiger partial charge < -0.3 is 5.73 Å². The molecule has 0 amide bonds. The minimum atomic E-state index is 0.910. The van der Waals surface area contributed by atoms with Crippen LogP contribution in [0.15, 0.2) is 123 Å². The topological polar surface area (TPSA) is 29.0 Å². The fourth-order valence-electron chi connectivity index (χ4n) is 5.24. The summed E-state index contributed by atoms with van der Waals surface area (Å²) in [6.45, 7) is 12.0. The Morgan fingerprint density at radius 1 is 0.769 bits per heavy atom. The predicted octanol–water partition coefficient (Wildman–Crippen LogP) is 9.69. The van der Waals surface area contributed by atoms with Gasteiger partial charge in [-0.05, 0) is 83.0 Å². The Kier molecular flexibility index (Phi) is 7.38. The molecule has 4 aromatic carbocycles. The highest BCUT2D eigenvalue weighted by atomic mass is 15.0. The molecule has 190 valence electrons. The first kappa shape index (κ1) is 25.7. The molecule has 0 radical (unpaired) electrons. The van der Waals surface area contributed by atoms with Gasteiger partial charge in [0.1, 0.15) is 0 Å². The lowest BCUT2D eigenvalue weighted by molar-refractivity contribution is 1.15. The van der Waals surface area contributed by atoms with Crippen LogP contribution in [0.4, 0.5) is 11.4 Å². The van der Waals surface area contributed by atoms with Crippen LogP contribution in [0.1, 0.15) is 30.5 Å². The number of benzene rings is 4. The highest BCUT2D eigenvalue weighted by Gasteiger charge is 2.33. The van der Waals surface area contributed by atoms with Gasteiger partial charge in [0.15, 0.2) is 6.21 Å². The average molecular weight is 506 g/mol. The zero-order valence-corrected chi connectivity index (χ0v) is 22.6. The summed E-state index contributed by atoms with van der Waals surface area (Å²) in [5, 5.41) is 2.41. The van der Waals surface area contributed by atoms with Gasteiger partial charge in [-0.1, -0.05) is 86.0 Å². The van der Waals surface area contributed by atoms with Gasteiger partial charge in [0.05, 0.1) is 16.5 Å². The molecule has 0 spiro atoms. The second kappa shape index (κ2) is 11.2. The lowest BCUT2D eigenvalue weighted by Crippen LogP contribution is -2.02. The van der Waals surface area contributed by atoms with Crippen molar-refractivity contribution in [1.82, 2.24) is 4.58 Å². The number of hydrogen-bond donors (Lipinski definition) is 1. The van der Waals surface area contributed by atoms with E-state index in [9.17, 15) is 0 Å². The van der Waals surface area contributed by atoms with Crippen LogP contribution in [0.5, 0.6) is 0 Å². The molecule has 0 fully saturated rings. The Balaban J connectivity index is 1.69. The van der Waals surface area contributed by atoms with Gasteiger partial charge in [0.2, 0.25) is 11.4 Å². The molecular weight excluding hydrogens is 472 g/mol. The molecule has 1 aliphatic rings. The van der Waals surface area contributed by atoms with E-state index in [4.69, 9.17) is 5.73 Å². The number of fused-ring (bicyclic) bond motifs is 5. The highest BCUT2D eigenvalue weighted by Crippen LogP contribution is 2.49.